The summed E-state index contributed by atoms with van der Waals surface area (Å²) in [7, 11) is 0. The highest BCUT2D eigenvalue weighted by molar-refractivity contribution is 5.95. The minimum Gasteiger partial charge on any atom is -0.368 e. The normalized spacial score (nSPS) is 15.1. The number of hydrogen-bond donors (Lipinski definition) is 2. The zero-order chi connectivity index (χ0) is 22.9. The highest BCUT2D eigenvalue weighted by Crippen LogP contribution is 2.35. The molecule has 172 valence electrons. The van der Waals surface area contributed by atoms with Gasteiger partial charge in [0, 0.05) is 42.0 Å². The first-order valence-electron chi connectivity index (χ1n) is 11.9. The maximum absolute atomic E-state index is 9.27. The monoisotopic (exact) mass is 445 g/mol. The number of benzene rings is 1. The molecule has 5 rings (SSSR count). The first-order valence-corrected chi connectivity index (χ1v) is 11.9. The average Bonchev–Trinajstić information content (AvgIpc) is 3.33. The van der Waals surface area contributed by atoms with Gasteiger partial charge in [-0.1, -0.05) is 48.7 Å². The second-order valence-corrected chi connectivity index (χ2v) is 9.37. The predicted molar refractivity (Wildman–Crippen MR) is 129 cm³/mol. The Hall–Kier alpha value is -2.96. The van der Waals surface area contributed by atoms with Gasteiger partial charge in [-0.15, -0.1) is 0 Å². The van der Waals surface area contributed by atoms with Crippen LogP contribution in [0.2, 0.25) is 0 Å². The molecule has 6 heteroatoms. The van der Waals surface area contributed by atoms with E-state index in [1.165, 1.54) is 32.1 Å². The number of hydrogen-bond acceptors (Lipinski definition) is 5. The third-order valence-corrected chi connectivity index (χ3v) is 6.90. The first kappa shape index (κ1) is 21.9. The number of aromatic nitrogens is 3. The summed E-state index contributed by atoms with van der Waals surface area (Å²) in [5.41, 5.74) is 8.11. The minimum atomic E-state index is -1.34. The second-order valence-electron chi connectivity index (χ2n) is 9.37. The summed E-state index contributed by atoms with van der Waals surface area (Å²) in [4.78, 5) is 4.91. The lowest BCUT2D eigenvalue weighted by Gasteiger charge is -2.22. The van der Waals surface area contributed by atoms with Crippen LogP contribution < -0.4 is 0 Å². The van der Waals surface area contributed by atoms with Crippen molar-refractivity contribution in [3.05, 3.63) is 59.7 Å². The van der Waals surface area contributed by atoms with Crippen molar-refractivity contribution in [3.8, 4) is 22.3 Å². The summed E-state index contributed by atoms with van der Waals surface area (Å²) in [6, 6.07) is 10.2. The molecule has 0 aliphatic heterocycles. The molecular formula is C27H31N3O3. The molecule has 2 N–H and O–H groups in total. The third kappa shape index (κ3) is 4.45. The largest absolute Gasteiger partial charge is 0.368 e. The molecule has 33 heavy (non-hydrogen) atoms. The fraction of sp³-hybridized carbons (Fsp3) is 0.407. The topological polar surface area (TPSA) is 84.3 Å². The van der Waals surface area contributed by atoms with Crippen LogP contribution in [0.1, 0.15) is 49.1 Å². The van der Waals surface area contributed by atoms with Crippen LogP contribution in [0, 0.1) is 19.8 Å². The maximum atomic E-state index is 9.27. The SMILES string of the molecule is Cc1noc(C)c1-c1cnc2c(-c3ccc(CC(O)O)cc3)cn(CC3CCCCC3)c2c1. The van der Waals surface area contributed by atoms with Gasteiger partial charge in [-0.05, 0) is 49.8 Å². The number of rotatable bonds is 6. The Balaban J connectivity index is 1.59. The number of aryl methyl sites for hydroxylation is 2. The summed E-state index contributed by atoms with van der Waals surface area (Å²) in [6.45, 7) is 4.91. The number of fused-ring (bicyclic) bond motifs is 1. The predicted octanol–water partition coefficient (Wildman–Crippen LogP) is 5.41. The summed E-state index contributed by atoms with van der Waals surface area (Å²) in [5, 5.41) is 22.7. The highest BCUT2D eigenvalue weighted by Gasteiger charge is 2.20. The van der Waals surface area contributed by atoms with Crippen LogP contribution in [0.25, 0.3) is 33.3 Å². The Morgan fingerprint density at radius 2 is 1.82 bits per heavy atom. The Labute approximate surface area is 193 Å². The Bertz CT molecular complexity index is 1230. The quantitative estimate of drug-likeness (QED) is 0.388. The van der Waals surface area contributed by atoms with Crippen LogP contribution in [-0.2, 0) is 13.0 Å². The second kappa shape index (κ2) is 9.12. The third-order valence-electron chi connectivity index (χ3n) is 6.90. The van der Waals surface area contributed by atoms with Crippen molar-refractivity contribution in [1.29, 1.82) is 0 Å². The zero-order valence-electron chi connectivity index (χ0n) is 19.3. The number of nitrogens with zero attached hydrogens (tertiary/aromatic N) is 3. The van der Waals surface area contributed by atoms with E-state index in [9.17, 15) is 10.2 Å². The maximum Gasteiger partial charge on any atom is 0.155 e. The van der Waals surface area contributed by atoms with Crippen molar-refractivity contribution >= 4 is 11.0 Å². The van der Waals surface area contributed by atoms with Gasteiger partial charge >= 0.3 is 0 Å². The Kier molecular flexibility index (Phi) is 6.04. The first-order chi connectivity index (χ1) is 16.0. The molecule has 1 saturated carbocycles. The van der Waals surface area contributed by atoms with E-state index in [2.05, 4.69) is 22.0 Å². The van der Waals surface area contributed by atoms with Gasteiger partial charge in [0.1, 0.15) is 5.76 Å². The van der Waals surface area contributed by atoms with Crippen molar-refractivity contribution in [2.24, 2.45) is 5.92 Å². The van der Waals surface area contributed by atoms with Gasteiger partial charge in [-0.25, -0.2) is 0 Å². The Morgan fingerprint density at radius 1 is 1.06 bits per heavy atom. The molecule has 4 aromatic rings. The van der Waals surface area contributed by atoms with Gasteiger partial charge in [-0.3, -0.25) is 4.98 Å². The molecule has 0 atom stereocenters. The van der Waals surface area contributed by atoms with Crippen molar-refractivity contribution in [3.63, 3.8) is 0 Å². The van der Waals surface area contributed by atoms with E-state index in [1.807, 2.05) is 44.3 Å². The van der Waals surface area contributed by atoms with Crippen LogP contribution in [0.15, 0.2) is 47.2 Å². The van der Waals surface area contributed by atoms with E-state index < -0.39 is 6.29 Å². The van der Waals surface area contributed by atoms with Gasteiger partial charge < -0.3 is 19.3 Å². The van der Waals surface area contributed by atoms with E-state index in [-0.39, 0.29) is 6.42 Å². The molecule has 1 fully saturated rings. The van der Waals surface area contributed by atoms with Crippen molar-refractivity contribution < 1.29 is 14.7 Å². The van der Waals surface area contributed by atoms with Gasteiger partial charge in [0.2, 0.25) is 0 Å². The van der Waals surface area contributed by atoms with E-state index in [4.69, 9.17) is 9.51 Å². The smallest absolute Gasteiger partial charge is 0.155 e. The van der Waals surface area contributed by atoms with Crippen LogP contribution in [0.4, 0.5) is 0 Å². The fourth-order valence-corrected chi connectivity index (χ4v) is 5.24. The van der Waals surface area contributed by atoms with Crippen molar-refractivity contribution in [2.75, 3.05) is 0 Å². The molecule has 0 amide bonds. The van der Waals surface area contributed by atoms with Crippen LogP contribution in [-0.4, -0.2) is 31.2 Å². The van der Waals surface area contributed by atoms with Crippen LogP contribution in [0.5, 0.6) is 0 Å². The molecule has 0 saturated heterocycles. The lowest BCUT2D eigenvalue weighted by molar-refractivity contribution is -0.0381. The van der Waals surface area contributed by atoms with Crippen LogP contribution in [0.3, 0.4) is 0 Å². The molecule has 0 unspecified atom stereocenters. The van der Waals surface area contributed by atoms with Gasteiger partial charge in [0.05, 0.1) is 16.7 Å². The molecule has 0 bridgehead atoms. The van der Waals surface area contributed by atoms with E-state index in [1.54, 1.807) is 0 Å². The molecule has 3 aromatic heterocycles. The summed E-state index contributed by atoms with van der Waals surface area (Å²) in [6.07, 6.45) is 9.59. The van der Waals surface area contributed by atoms with E-state index >= 15 is 0 Å². The number of aliphatic hydroxyl groups is 2. The highest BCUT2D eigenvalue weighted by atomic mass is 16.5. The molecular weight excluding hydrogens is 414 g/mol. The molecule has 3 heterocycles. The van der Waals surface area contributed by atoms with E-state index in [0.717, 1.165) is 56.8 Å². The van der Waals surface area contributed by atoms with Gasteiger partial charge in [-0.2, -0.15) is 0 Å². The molecule has 1 aromatic carbocycles. The molecule has 6 nitrogen and oxygen atoms in total. The fourth-order valence-electron chi connectivity index (χ4n) is 5.24. The molecule has 1 aliphatic carbocycles. The van der Waals surface area contributed by atoms with Crippen LogP contribution >= 0.6 is 0 Å². The summed E-state index contributed by atoms with van der Waals surface area (Å²) < 4.78 is 7.78. The lowest BCUT2D eigenvalue weighted by Crippen LogP contribution is -2.13. The van der Waals surface area contributed by atoms with Gasteiger partial charge in [0.25, 0.3) is 0 Å². The van der Waals surface area contributed by atoms with Crippen molar-refractivity contribution in [2.45, 2.75) is 65.2 Å². The number of aliphatic hydroxyl groups excluding tert-OH is 1. The molecule has 0 spiro atoms. The Morgan fingerprint density at radius 3 is 2.48 bits per heavy atom. The lowest BCUT2D eigenvalue weighted by atomic mass is 9.89. The summed E-state index contributed by atoms with van der Waals surface area (Å²) >= 11 is 0. The minimum absolute atomic E-state index is 0.225. The zero-order valence-corrected chi connectivity index (χ0v) is 19.3. The standard InChI is InChI=1S/C27H31N3O3/c1-17-26(18(2)33-29-17)22-13-24-27(28-14-22)23(16-30(24)15-20-6-4-3-5-7-20)21-10-8-19(9-11-21)12-25(31)32/h8-11,13-14,16,20,25,31-32H,3-7,12,15H2,1-2H3. The average molecular weight is 446 g/mol. The number of pyridine rings is 1. The molecule has 1 aliphatic rings. The van der Waals surface area contributed by atoms with Gasteiger partial charge in [0.15, 0.2) is 6.29 Å². The van der Waals surface area contributed by atoms with Crippen molar-refractivity contribution in [1.82, 2.24) is 14.7 Å². The van der Waals surface area contributed by atoms with E-state index in [0.29, 0.717) is 5.92 Å². The summed E-state index contributed by atoms with van der Waals surface area (Å²) in [5.74, 6) is 1.50. The molecule has 0 radical (unpaired) electrons.